The summed E-state index contributed by atoms with van der Waals surface area (Å²) in [7, 11) is 1.90. The molecule has 1 aromatic heterocycles. The number of ether oxygens (including phenoxy) is 1. The summed E-state index contributed by atoms with van der Waals surface area (Å²) in [6.45, 7) is 9.82. The van der Waals surface area contributed by atoms with E-state index in [9.17, 15) is 4.79 Å². The number of piperidine rings is 1. The van der Waals surface area contributed by atoms with Crippen molar-refractivity contribution in [1.29, 1.82) is 0 Å². The average molecular weight is 523 g/mol. The topological polar surface area (TPSA) is 61.5 Å². The van der Waals surface area contributed by atoms with Gasteiger partial charge in [-0.1, -0.05) is 48.9 Å². The van der Waals surface area contributed by atoms with Crippen LogP contribution in [0, 0.1) is 19.3 Å². The van der Waals surface area contributed by atoms with Gasteiger partial charge in [0.15, 0.2) is 0 Å². The molecule has 7 heteroatoms. The summed E-state index contributed by atoms with van der Waals surface area (Å²) in [5.41, 5.74) is 4.05. The molecule has 2 aromatic carbocycles. The van der Waals surface area contributed by atoms with Gasteiger partial charge >= 0.3 is 0 Å². The van der Waals surface area contributed by atoms with E-state index >= 15 is 0 Å². The number of nitrogens with one attached hydrogen (secondary N) is 1. The highest BCUT2D eigenvalue weighted by atomic mass is 35.5. The Bertz CT molecular complexity index is 1200. The summed E-state index contributed by atoms with van der Waals surface area (Å²) in [4.78, 5) is 26.0. The third-order valence-corrected chi connectivity index (χ3v) is 7.80. The van der Waals surface area contributed by atoms with Crippen molar-refractivity contribution < 1.29 is 9.53 Å². The third-order valence-electron chi connectivity index (χ3n) is 7.37. The van der Waals surface area contributed by atoms with Gasteiger partial charge in [-0.15, -0.1) is 0 Å². The van der Waals surface area contributed by atoms with Gasteiger partial charge in [0.05, 0.1) is 12.3 Å². The van der Waals surface area contributed by atoms with Crippen LogP contribution >= 0.6 is 11.6 Å². The lowest BCUT2D eigenvalue weighted by Gasteiger charge is -2.42. The second-order valence-electron chi connectivity index (χ2n) is 10.5. The van der Waals surface area contributed by atoms with Gasteiger partial charge in [-0.25, -0.2) is 4.98 Å². The Kier molecular flexibility index (Phi) is 8.93. The van der Waals surface area contributed by atoms with Crippen LogP contribution in [0.25, 0.3) is 0 Å². The van der Waals surface area contributed by atoms with Crippen molar-refractivity contribution in [1.82, 2.24) is 19.8 Å². The summed E-state index contributed by atoms with van der Waals surface area (Å²) in [5, 5.41) is 0.726. The summed E-state index contributed by atoms with van der Waals surface area (Å²) < 4.78 is 6.35. The second kappa shape index (κ2) is 12.1. The van der Waals surface area contributed by atoms with Crippen LogP contribution in [0.15, 0.2) is 48.5 Å². The van der Waals surface area contributed by atoms with Gasteiger partial charge in [-0.2, -0.15) is 0 Å². The standard InChI is InChI=1S/C30H39ClN4O2/c1-5-28-32-23(3)27(33-28)19-35-15-9-14-30(20-35,21-37-25-12-13-26(31)22(2)16-25)17-29(36)34(4)18-24-10-7-6-8-11-24/h6-8,10-13,16H,5,9,14-15,17-21H2,1-4H3,(H,32,33)/t30-/m0/s1. The number of hydrogen-bond acceptors (Lipinski definition) is 4. The Hall–Kier alpha value is -2.83. The number of imidazole rings is 1. The predicted molar refractivity (Wildman–Crippen MR) is 149 cm³/mol. The number of carbonyl (C=O) groups excluding carboxylic acids is 1. The molecule has 2 heterocycles. The van der Waals surface area contributed by atoms with Crippen molar-refractivity contribution in [2.75, 3.05) is 26.7 Å². The predicted octanol–water partition coefficient (Wildman–Crippen LogP) is 5.95. The van der Waals surface area contributed by atoms with E-state index in [1.807, 2.05) is 55.3 Å². The molecular weight excluding hydrogens is 484 g/mol. The van der Waals surface area contributed by atoms with E-state index in [1.54, 1.807) is 0 Å². The molecule has 0 saturated carbocycles. The lowest BCUT2D eigenvalue weighted by Crippen LogP contribution is -2.48. The van der Waals surface area contributed by atoms with Crippen LogP contribution in [-0.4, -0.2) is 52.4 Å². The molecule has 37 heavy (non-hydrogen) atoms. The van der Waals surface area contributed by atoms with E-state index in [2.05, 4.69) is 35.9 Å². The number of aromatic nitrogens is 2. The normalized spacial score (nSPS) is 18.1. The Labute approximate surface area is 226 Å². The van der Waals surface area contributed by atoms with Crippen LogP contribution in [0.2, 0.25) is 5.02 Å². The van der Waals surface area contributed by atoms with Gasteiger partial charge in [-0.05, 0) is 62.6 Å². The Morgan fingerprint density at radius 3 is 2.70 bits per heavy atom. The van der Waals surface area contributed by atoms with Crippen LogP contribution in [0.3, 0.4) is 0 Å². The molecule has 0 spiro atoms. The Morgan fingerprint density at radius 2 is 2.00 bits per heavy atom. The number of aromatic amines is 1. The van der Waals surface area contributed by atoms with E-state index in [-0.39, 0.29) is 11.3 Å². The zero-order valence-electron chi connectivity index (χ0n) is 22.5. The smallest absolute Gasteiger partial charge is 0.223 e. The molecule has 4 rings (SSSR count). The number of halogens is 1. The summed E-state index contributed by atoms with van der Waals surface area (Å²) >= 11 is 6.23. The highest BCUT2D eigenvalue weighted by Gasteiger charge is 2.39. The molecule has 1 fully saturated rings. The molecule has 0 radical (unpaired) electrons. The van der Waals surface area contributed by atoms with Crippen molar-refractivity contribution >= 4 is 17.5 Å². The van der Waals surface area contributed by atoms with Gasteiger partial charge in [0, 0.05) is 55.7 Å². The third kappa shape index (κ3) is 7.14. The maximum absolute atomic E-state index is 13.5. The van der Waals surface area contributed by atoms with Gasteiger partial charge in [0.2, 0.25) is 5.91 Å². The van der Waals surface area contributed by atoms with E-state index in [0.29, 0.717) is 19.6 Å². The first kappa shape index (κ1) is 27.2. The number of H-pyrrole nitrogens is 1. The number of aryl methyl sites for hydroxylation is 3. The molecule has 1 atom stereocenters. The van der Waals surface area contributed by atoms with Crippen molar-refractivity contribution in [3.05, 3.63) is 81.9 Å². The Morgan fingerprint density at radius 1 is 1.22 bits per heavy atom. The molecule has 198 valence electrons. The fraction of sp³-hybridized carbons (Fsp3) is 0.467. The molecule has 1 aliphatic heterocycles. The van der Waals surface area contributed by atoms with Gasteiger partial charge in [0.1, 0.15) is 11.6 Å². The first-order chi connectivity index (χ1) is 17.8. The number of benzene rings is 2. The zero-order chi connectivity index (χ0) is 26.4. The first-order valence-electron chi connectivity index (χ1n) is 13.2. The molecule has 1 amide bonds. The van der Waals surface area contributed by atoms with E-state index < -0.39 is 0 Å². The molecule has 6 nitrogen and oxygen atoms in total. The first-order valence-corrected chi connectivity index (χ1v) is 13.6. The zero-order valence-corrected chi connectivity index (χ0v) is 23.3. The average Bonchev–Trinajstić information content (AvgIpc) is 3.24. The van der Waals surface area contributed by atoms with E-state index in [4.69, 9.17) is 21.3 Å². The SMILES string of the molecule is CCc1nc(CN2CCC[C@](COc3ccc(Cl)c(C)c3)(CC(=O)N(C)Cc3ccccc3)C2)c(C)[nH]1. The van der Waals surface area contributed by atoms with Gasteiger partial charge in [-0.3, -0.25) is 9.69 Å². The van der Waals surface area contributed by atoms with Crippen LogP contribution in [0.1, 0.15) is 54.5 Å². The largest absolute Gasteiger partial charge is 0.493 e. The second-order valence-corrected chi connectivity index (χ2v) is 10.9. The lowest BCUT2D eigenvalue weighted by atomic mass is 9.77. The number of nitrogens with zero attached hydrogens (tertiary/aromatic N) is 3. The van der Waals surface area contributed by atoms with Gasteiger partial charge in [0.25, 0.3) is 0 Å². The minimum absolute atomic E-state index is 0.144. The fourth-order valence-electron chi connectivity index (χ4n) is 5.20. The fourth-order valence-corrected chi connectivity index (χ4v) is 5.32. The monoisotopic (exact) mass is 522 g/mol. The summed E-state index contributed by atoms with van der Waals surface area (Å²) in [6, 6.07) is 15.9. The molecule has 1 saturated heterocycles. The van der Waals surface area contributed by atoms with Crippen LogP contribution in [0.5, 0.6) is 5.75 Å². The lowest BCUT2D eigenvalue weighted by molar-refractivity contribution is -0.135. The number of likely N-dealkylation sites (tertiary alicyclic amines) is 1. The molecule has 3 aromatic rings. The maximum atomic E-state index is 13.5. The molecular formula is C30H39ClN4O2. The Balaban J connectivity index is 1.51. The van der Waals surface area contributed by atoms with Crippen LogP contribution in [-0.2, 0) is 24.3 Å². The highest BCUT2D eigenvalue weighted by Crippen LogP contribution is 2.36. The minimum atomic E-state index is -0.286. The summed E-state index contributed by atoms with van der Waals surface area (Å²) in [5.74, 6) is 1.96. The molecule has 1 N–H and O–H groups in total. The minimum Gasteiger partial charge on any atom is -0.493 e. The quantitative estimate of drug-likeness (QED) is 0.357. The van der Waals surface area contributed by atoms with Crippen LogP contribution < -0.4 is 4.74 Å². The van der Waals surface area contributed by atoms with Crippen molar-refractivity contribution in [2.24, 2.45) is 5.41 Å². The summed E-state index contributed by atoms with van der Waals surface area (Å²) in [6.07, 6.45) is 3.30. The number of carbonyl (C=O) groups is 1. The van der Waals surface area contributed by atoms with E-state index in [1.165, 1.54) is 0 Å². The highest BCUT2D eigenvalue weighted by molar-refractivity contribution is 6.31. The van der Waals surface area contributed by atoms with E-state index in [0.717, 1.165) is 78.0 Å². The number of rotatable bonds is 10. The molecule has 0 bridgehead atoms. The number of amides is 1. The van der Waals surface area contributed by atoms with Crippen molar-refractivity contribution in [3.63, 3.8) is 0 Å². The molecule has 1 aliphatic rings. The number of hydrogen-bond donors (Lipinski definition) is 1. The van der Waals surface area contributed by atoms with Gasteiger partial charge < -0.3 is 14.6 Å². The molecule has 0 unspecified atom stereocenters. The molecule has 0 aliphatic carbocycles. The van der Waals surface area contributed by atoms with Crippen LogP contribution in [0.4, 0.5) is 0 Å². The van der Waals surface area contributed by atoms with Crippen molar-refractivity contribution in [2.45, 2.75) is 59.5 Å². The maximum Gasteiger partial charge on any atom is 0.223 e. The van der Waals surface area contributed by atoms with Crippen molar-refractivity contribution in [3.8, 4) is 5.75 Å².